The van der Waals surface area contributed by atoms with Crippen molar-refractivity contribution in [3.63, 3.8) is 0 Å². The predicted molar refractivity (Wildman–Crippen MR) is 112 cm³/mol. The lowest BCUT2D eigenvalue weighted by molar-refractivity contribution is 0.867. The number of rotatable bonds is 4. The van der Waals surface area contributed by atoms with Gasteiger partial charge >= 0.3 is 0 Å². The Hall–Kier alpha value is -3.67. The van der Waals surface area contributed by atoms with Gasteiger partial charge in [0.15, 0.2) is 11.5 Å². The van der Waals surface area contributed by atoms with E-state index in [9.17, 15) is 0 Å². The van der Waals surface area contributed by atoms with Crippen LogP contribution in [-0.2, 0) is 0 Å². The van der Waals surface area contributed by atoms with Crippen molar-refractivity contribution in [3.05, 3.63) is 72.8 Å². The lowest BCUT2D eigenvalue weighted by Crippen LogP contribution is -2.00. The number of H-pyrrole nitrogens is 1. The summed E-state index contributed by atoms with van der Waals surface area (Å²) in [6.07, 6.45) is 7.53. The van der Waals surface area contributed by atoms with Crippen LogP contribution in [0.25, 0.3) is 27.8 Å². The number of nitrogens with one attached hydrogen (secondary N) is 2. The van der Waals surface area contributed by atoms with Gasteiger partial charge in [0.05, 0.1) is 17.4 Å². The number of anilines is 2. The zero-order valence-electron chi connectivity index (χ0n) is 15.7. The molecule has 0 radical (unpaired) electrons. The first-order chi connectivity index (χ1) is 13.7. The standard InChI is InChI=1S/C22H20N6/c1-14(2)15-5-7-18(8-6-15)25-21-22-23-9-10-28(22)13-20(26-21)16-3-4-17-12-24-27-19(17)11-16/h3-14H,1-2H3,(H,24,27)(H,25,26). The third-order valence-corrected chi connectivity index (χ3v) is 4.95. The molecule has 0 bridgehead atoms. The van der Waals surface area contributed by atoms with Gasteiger partial charge in [-0.2, -0.15) is 5.10 Å². The largest absolute Gasteiger partial charge is 0.337 e. The second kappa shape index (κ2) is 6.49. The Kier molecular flexibility index (Phi) is 3.83. The number of aromatic nitrogens is 5. The van der Waals surface area contributed by atoms with Crippen molar-refractivity contribution in [1.29, 1.82) is 0 Å². The Labute approximate surface area is 162 Å². The van der Waals surface area contributed by atoms with Crippen molar-refractivity contribution < 1.29 is 0 Å². The van der Waals surface area contributed by atoms with Crippen LogP contribution in [-0.4, -0.2) is 24.6 Å². The summed E-state index contributed by atoms with van der Waals surface area (Å²) in [5.74, 6) is 1.23. The number of fused-ring (bicyclic) bond motifs is 2. The Bertz CT molecular complexity index is 1260. The summed E-state index contributed by atoms with van der Waals surface area (Å²) in [5.41, 5.74) is 5.96. The third-order valence-electron chi connectivity index (χ3n) is 4.95. The third kappa shape index (κ3) is 2.89. The number of imidazole rings is 1. The average Bonchev–Trinajstić information content (AvgIpc) is 3.37. The SMILES string of the molecule is CC(C)c1ccc(Nc2nc(-c3ccc4cn[nH]c4c3)cn3ccnc23)cc1. The minimum absolute atomic E-state index is 0.506. The second-order valence-electron chi connectivity index (χ2n) is 7.21. The van der Waals surface area contributed by atoms with Gasteiger partial charge in [-0.15, -0.1) is 0 Å². The van der Waals surface area contributed by atoms with Crippen molar-refractivity contribution >= 4 is 28.1 Å². The molecule has 0 saturated heterocycles. The van der Waals surface area contributed by atoms with E-state index in [2.05, 4.69) is 70.7 Å². The number of benzene rings is 2. The van der Waals surface area contributed by atoms with Crippen molar-refractivity contribution in [2.24, 2.45) is 0 Å². The van der Waals surface area contributed by atoms with Crippen LogP contribution < -0.4 is 5.32 Å². The van der Waals surface area contributed by atoms with Crippen molar-refractivity contribution in [1.82, 2.24) is 24.6 Å². The molecule has 0 spiro atoms. The highest BCUT2D eigenvalue weighted by atomic mass is 15.1. The molecule has 6 nitrogen and oxygen atoms in total. The number of hydrogen-bond acceptors (Lipinski definition) is 4. The molecule has 0 amide bonds. The minimum atomic E-state index is 0.506. The maximum atomic E-state index is 4.86. The monoisotopic (exact) mass is 368 g/mol. The molecule has 28 heavy (non-hydrogen) atoms. The highest BCUT2D eigenvalue weighted by Crippen LogP contribution is 2.27. The van der Waals surface area contributed by atoms with E-state index in [1.165, 1.54) is 5.56 Å². The minimum Gasteiger partial charge on any atom is -0.337 e. The van der Waals surface area contributed by atoms with E-state index >= 15 is 0 Å². The van der Waals surface area contributed by atoms with E-state index in [1.807, 2.05) is 29.1 Å². The molecule has 0 unspecified atom stereocenters. The second-order valence-corrected chi connectivity index (χ2v) is 7.21. The molecule has 2 aromatic carbocycles. The van der Waals surface area contributed by atoms with Gasteiger partial charge in [0, 0.05) is 35.2 Å². The molecule has 5 aromatic rings. The predicted octanol–water partition coefficient (Wildman–Crippen LogP) is 5.14. The van der Waals surface area contributed by atoms with Gasteiger partial charge in [-0.3, -0.25) is 5.10 Å². The quantitative estimate of drug-likeness (QED) is 0.461. The van der Waals surface area contributed by atoms with Crippen LogP contribution in [0.2, 0.25) is 0 Å². The highest BCUT2D eigenvalue weighted by molar-refractivity contribution is 5.83. The van der Waals surface area contributed by atoms with Crippen LogP contribution in [0.1, 0.15) is 25.3 Å². The zero-order chi connectivity index (χ0) is 19.1. The molecular weight excluding hydrogens is 348 g/mol. The van der Waals surface area contributed by atoms with Gasteiger partial charge in [0.2, 0.25) is 0 Å². The van der Waals surface area contributed by atoms with Gasteiger partial charge in [-0.1, -0.05) is 38.1 Å². The smallest absolute Gasteiger partial charge is 0.180 e. The first-order valence-corrected chi connectivity index (χ1v) is 9.31. The Morgan fingerprint density at radius 2 is 1.93 bits per heavy atom. The van der Waals surface area contributed by atoms with E-state index in [0.29, 0.717) is 5.92 Å². The summed E-state index contributed by atoms with van der Waals surface area (Å²) >= 11 is 0. The van der Waals surface area contributed by atoms with Gasteiger partial charge in [-0.05, 0) is 29.7 Å². The van der Waals surface area contributed by atoms with E-state index in [-0.39, 0.29) is 0 Å². The molecule has 3 aromatic heterocycles. The highest BCUT2D eigenvalue weighted by Gasteiger charge is 2.11. The van der Waals surface area contributed by atoms with Crippen LogP contribution in [0.15, 0.2) is 67.3 Å². The fourth-order valence-electron chi connectivity index (χ4n) is 3.34. The Balaban J connectivity index is 1.57. The molecule has 138 valence electrons. The maximum absolute atomic E-state index is 4.86. The Morgan fingerprint density at radius 1 is 1.07 bits per heavy atom. The number of nitrogens with zero attached hydrogens (tertiary/aromatic N) is 4. The average molecular weight is 368 g/mol. The van der Waals surface area contributed by atoms with Crippen molar-refractivity contribution in [2.45, 2.75) is 19.8 Å². The summed E-state index contributed by atoms with van der Waals surface area (Å²) in [4.78, 5) is 9.32. The first kappa shape index (κ1) is 16.5. The molecule has 5 rings (SSSR count). The van der Waals surface area contributed by atoms with Crippen molar-refractivity contribution in [2.75, 3.05) is 5.32 Å². The lowest BCUT2D eigenvalue weighted by Gasteiger charge is -2.11. The normalized spacial score (nSPS) is 11.5. The molecule has 2 N–H and O–H groups in total. The van der Waals surface area contributed by atoms with Crippen molar-refractivity contribution in [3.8, 4) is 11.3 Å². The lowest BCUT2D eigenvalue weighted by atomic mass is 10.0. The summed E-state index contributed by atoms with van der Waals surface area (Å²) in [5, 5.41) is 11.6. The molecule has 0 aliphatic heterocycles. The fourth-order valence-corrected chi connectivity index (χ4v) is 3.34. The maximum Gasteiger partial charge on any atom is 0.180 e. The molecule has 0 saturated carbocycles. The van der Waals surface area contributed by atoms with Crippen LogP contribution in [0, 0.1) is 0 Å². The van der Waals surface area contributed by atoms with Gasteiger partial charge < -0.3 is 9.72 Å². The summed E-state index contributed by atoms with van der Waals surface area (Å²) in [6, 6.07) is 14.6. The number of hydrogen-bond donors (Lipinski definition) is 2. The molecular formula is C22H20N6. The summed E-state index contributed by atoms with van der Waals surface area (Å²) < 4.78 is 1.99. The van der Waals surface area contributed by atoms with Gasteiger partial charge in [-0.25, -0.2) is 9.97 Å². The topological polar surface area (TPSA) is 70.9 Å². The van der Waals surface area contributed by atoms with E-state index in [4.69, 9.17) is 4.98 Å². The van der Waals surface area contributed by atoms with Crippen LogP contribution in [0.3, 0.4) is 0 Å². The molecule has 0 atom stereocenters. The molecule has 6 heteroatoms. The Morgan fingerprint density at radius 3 is 2.75 bits per heavy atom. The zero-order valence-corrected chi connectivity index (χ0v) is 15.7. The van der Waals surface area contributed by atoms with Gasteiger partial charge in [0.25, 0.3) is 0 Å². The summed E-state index contributed by atoms with van der Waals surface area (Å²) in [7, 11) is 0. The number of aromatic amines is 1. The van der Waals surface area contributed by atoms with Crippen LogP contribution in [0.5, 0.6) is 0 Å². The first-order valence-electron chi connectivity index (χ1n) is 9.31. The molecule has 0 aliphatic rings. The van der Waals surface area contributed by atoms with E-state index < -0.39 is 0 Å². The molecule has 0 fully saturated rings. The fraction of sp³-hybridized carbons (Fsp3) is 0.136. The van der Waals surface area contributed by atoms with Crippen LogP contribution >= 0.6 is 0 Å². The van der Waals surface area contributed by atoms with E-state index in [0.717, 1.165) is 39.3 Å². The molecule has 0 aliphatic carbocycles. The van der Waals surface area contributed by atoms with Gasteiger partial charge in [0.1, 0.15) is 0 Å². The van der Waals surface area contributed by atoms with Crippen LogP contribution in [0.4, 0.5) is 11.5 Å². The summed E-state index contributed by atoms with van der Waals surface area (Å²) in [6.45, 7) is 4.39. The molecule has 3 heterocycles. The van der Waals surface area contributed by atoms with E-state index in [1.54, 1.807) is 6.20 Å².